The summed E-state index contributed by atoms with van der Waals surface area (Å²) in [5.74, 6) is -3.80. The van der Waals surface area contributed by atoms with Crippen molar-refractivity contribution in [1.29, 1.82) is 0 Å². The Hall–Kier alpha value is -3.03. The van der Waals surface area contributed by atoms with Crippen LogP contribution in [0.4, 0.5) is 0 Å². The van der Waals surface area contributed by atoms with Crippen molar-refractivity contribution in [2.45, 2.75) is 50.5 Å². The molecule has 0 aromatic carbocycles. The molecule has 162 valence electrons. The first-order valence-corrected chi connectivity index (χ1v) is 8.72. The third-order valence-corrected chi connectivity index (χ3v) is 3.94. The first kappa shape index (κ1) is 24.0. The number of nitrogens with zero attached hydrogens (tertiary/aromatic N) is 1. The number of rotatable bonds is 11. The standard InChI is InChI=1S/C16H26N6O7/c1-7(13(25)22-12(8(2)24)16(28)29)20-15(27)11(3-9-4-18-6-19-9)21-14(26)10(17)5-23/h4,6-8,10-12,23-24H,3,5,17H2,1-2H3,(H,18,19)(H,20,27)(H,21,26)(H,22,25)(H,28,29). The van der Waals surface area contributed by atoms with Gasteiger partial charge in [0.1, 0.15) is 18.1 Å². The van der Waals surface area contributed by atoms with Crippen LogP contribution in [0.3, 0.4) is 0 Å². The highest BCUT2D eigenvalue weighted by Gasteiger charge is 2.30. The zero-order valence-electron chi connectivity index (χ0n) is 16.0. The van der Waals surface area contributed by atoms with Gasteiger partial charge in [0.15, 0.2) is 6.04 Å². The van der Waals surface area contributed by atoms with Crippen LogP contribution in [0, 0.1) is 0 Å². The van der Waals surface area contributed by atoms with Gasteiger partial charge in [-0.25, -0.2) is 9.78 Å². The van der Waals surface area contributed by atoms with Crippen LogP contribution in [-0.4, -0.2) is 85.9 Å². The fraction of sp³-hybridized carbons (Fsp3) is 0.562. The molecule has 5 unspecified atom stereocenters. The van der Waals surface area contributed by atoms with Crippen molar-refractivity contribution < 1.29 is 34.5 Å². The van der Waals surface area contributed by atoms with Gasteiger partial charge in [-0.15, -0.1) is 0 Å². The van der Waals surface area contributed by atoms with Crippen molar-refractivity contribution in [3.05, 3.63) is 18.2 Å². The molecule has 13 heteroatoms. The molecule has 0 aliphatic rings. The summed E-state index contributed by atoms with van der Waals surface area (Å²) in [6.07, 6.45) is 1.46. The van der Waals surface area contributed by atoms with E-state index in [9.17, 15) is 24.3 Å². The summed E-state index contributed by atoms with van der Waals surface area (Å²) in [7, 11) is 0. The molecule has 29 heavy (non-hydrogen) atoms. The van der Waals surface area contributed by atoms with Gasteiger partial charge in [0.25, 0.3) is 0 Å². The summed E-state index contributed by atoms with van der Waals surface area (Å²) in [5, 5.41) is 34.3. The van der Waals surface area contributed by atoms with Gasteiger partial charge in [-0.1, -0.05) is 0 Å². The molecule has 13 nitrogen and oxygen atoms in total. The van der Waals surface area contributed by atoms with Crippen LogP contribution in [0.1, 0.15) is 19.5 Å². The topological polar surface area (TPSA) is 220 Å². The number of nitrogens with two attached hydrogens (primary N) is 1. The van der Waals surface area contributed by atoms with Gasteiger partial charge in [0, 0.05) is 18.3 Å². The van der Waals surface area contributed by atoms with E-state index < -0.39 is 60.6 Å². The van der Waals surface area contributed by atoms with Crippen LogP contribution < -0.4 is 21.7 Å². The Bertz CT molecular complexity index is 709. The summed E-state index contributed by atoms with van der Waals surface area (Å²) in [6.45, 7) is 1.88. The fourth-order valence-corrected chi connectivity index (χ4v) is 2.23. The summed E-state index contributed by atoms with van der Waals surface area (Å²) in [6, 6.07) is -5.11. The molecular weight excluding hydrogens is 388 g/mol. The number of aliphatic hydroxyl groups is 2. The number of aliphatic carboxylic acids is 1. The second-order valence-corrected chi connectivity index (χ2v) is 6.43. The zero-order chi connectivity index (χ0) is 22.1. The van der Waals surface area contributed by atoms with E-state index in [-0.39, 0.29) is 6.42 Å². The van der Waals surface area contributed by atoms with Gasteiger partial charge in [-0.2, -0.15) is 0 Å². The maximum absolute atomic E-state index is 12.6. The molecule has 5 atom stereocenters. The van der Waals surface area contributed by atoms with Gasteiger partial charge in [0.05, 0.1) is 19.0 Å². The largest absolute Gasteiger partial charge is 0.480 e. The Balaban J connectivity index is 2.82. The maximum Gasteiger partial charge on any atom is 0.328 e. The molecule has 0 fully saturated rings. The third-order valence-electron chi connectivity index (χ3n) is 3.94. The Labute approximate surface area is 166 Å². The van der Waals surface area contributed by atoms with Crippen LogP contribution in [0.15, 0.2) is 12.5 Å². The number of amides is 3. The number of carbonyl (C=O) groups excluding carboxylic acids is 3. The number of H-pyrrole nitrogens is 1. The van der Waals surface area contributed by atoms with Gasteiger partial charge >= 0.3 is 5.97 Å². The van der Waals surface area contributed by atoms with Crippen molar-refractivity contribution in [2.24, 2.45) is 5.73 Å². The number of hydrogen-bond donors (Lipinski definition) is 8. The van der Waals surface area contributed by atoms with E-state index in [1.165, 1.54) is 26.4 Å². The first-order valence-electron chi connectivity index (χ1n) is 8.72. The lowest BCUT2D eigenvalue weighted by Gasteiger charge is -2.23. The Kier molecular flexibility index (Phi) is 9.18. The number of carboxylic acids is 1. The van der Waals surface area contributed by atoms with Crippen LogP contribution in [0.5, 0.6) is 0 Å². The molecule has 1 aromatic heterocycles. The monoisotopic (exact) mass is 414 g/mol. The molecule has 0 aliphatic carbocycles. The predicted molar refractivity (Wildman–Crippen MR) is 98.1 cm³/mol. The summed E-state index contributed by atoms with van der Waals surface area (Å²) < 4.78 is 0. The van der Waals surface area contributed by atoms with Crippen molar-refractivity contribution in [1.82, 2.24) is 25.9 Å². The van der Waals surface area contributed by atoms with E-state index in [0.29, 0.717) is 5.69 Å². The second-order valence-electron chi connectivity index (χ2n) is 6.43. The van der Waals surface area contributed by atoms with E-state index in [1.54, 1.807) is 0 Å². The van der Waals surface area contributed by atoms with Crippen LogP contribution >= 0.6 is 0 Å². The highest BCUT2D eigenvalue weighted by molar-refractivity contribution is 5.94. The van der Waals surface area contributed by atoms with Crippen molar-refractivity contribution in [3.8, 4) is 0 Å². The molecule has 0 radical (unpaired) electrons. The average molecular weight is 414 g/mol. The number of aromatic nitrogens is 2. The van der Waals surface area contributed by atoms with Crippen molar-refractivity contribution >= 4 is 23.7 Å². The average Bonchev–Trinajstić information content (AvgIpc) is 3.16. The summed E-state index contributed by atoms with van der Waals surface area (Å²) in [4.78, 5) is 54.3. The third kappa shape index (κ3) is 7.48. The van der Waals surface area contributed by atoms with Crippen LogP contribution in [0.2, 0.25) is 0 Å². The summed E-state index contributed by atoms with van der Waals surface area (Å²) >= 11 is 0. The molecule has 9 N–H and O–H groups in total. The molecule has 0 saturated heterocycles. The number of hydrogen-bond acceptors (Lipinski definition) is 8. The highest BCUT2D eigenvalue weighted by Crippen LogP contribution is 2.01. The quantitative estimate of drug-likeness (QED) is 0.178. The number of aliphatic hydroxyl groups excluding tert-OH is 2. The Morgan fingerprint density at radius 1 is 1.14 bits per heavy atom. The predicted octanol–water partition coefficient (Wildman–Crippen LogP) is -3.79. The molecule has 1 aromatic rings. The molecule has 0 bridgehead atoms. The SMILES string of the molecule is CC(NC(=O)C(Cc1cnc[nH]1)NC(=O)C(N)CO)C(=O)NC(C(=O)O)C(C)O. The van der Waals surface area contributed by atoms with E-state index in [1.807, 2.05) is 0 Å². The molecule has 1 rings (SSSR count). The Morgan fingerprint density at radius 2 is 1.79 bits per heavy atom. The molecule has 0 aliphatic heterocycles. The fourth-order valence-electron chi connectivity index (χ4n) is 2.23. The molecule has 0 spiro atoms. The lowest BCUT2D eigenvalue weighted by atomic mass is 10.1. The minimum Gasteiger partial charge on any atom is -0.480 e. The Morgan fingerprint density at radius 3 is 2.28 bits per heavy atom. The molecule has 1 heterocycles. The lowest BCUT2D eigenvalue weighted by molar-refractivity contribution is -0.145. The van der Waals surface area contributed by atoms with Crippen molar-refractivity contribution in [2.75, 3.05) is 6.61 Å². The second kappa shape index (κ2) is 11.1. The van der Waals surface area contributed by atoms with Gasteiger partial charge < -0.3 is 42.0 Å². The lowest BCUT2D eigenvalue weighted by Crippen LogP contribution is -2.58. The van der Waals surface area contributed by atoms with Gasteiger partial charge in [-0.05, 0) is 13.8 Å². The van der Waals surface area contributed by atoms with Crippen molar-refractivity contribution in [3.63, 3.8) is 0 Å². The smallest absolute Gasteiger partial charge is 0.328 e. The first-order chi connectivity index (χ1) is 13.6. The van der Waals surface area contributed by atoms with Gasteiger partial charge in [-0.3, -0.25) is 14.4 Å². The van der Waals surface area contributed by atoms with E-state index in [2.05, 4.69) is 25.9 Å². The van der Waals surface area contributed by atoms with Gasteiger partial charge in [0.2, 0.25) is 17.7 Å². The highest BCUT2D eigenvalue weighted by atomic mass is 16.4. The zero-order valence-corrected chi connectivity index (χ0v) is 16.0. The molecule has 0 saturated carbocycles. The number of carbonyl (C=O) groups is 4. The number of nitrogens with one attached hydrogen (secondary N) is 4. The van der Waals surface area contributed by atoms with E-state index >= 15 is 0 Å². The number of imidazole rings is 1. The van der Waals surface area contributed by atoms with E-state index in [4.69, 9.17) is 15.9 Å². The van der Waals surface area contributed by atoms with Crippen LogP contribution in [-0.2, 0) is 25.6 Å². The number of aromatic amines is 1. The minimum atomic E-state index is -1.55. The maximum atomic E-state index is 12.6. The molecular formula is C16H26N6O7. The summed E-state index contributed by atoms with van der Waals surface area (Å²) in [5.41, 5.74) is 5.96. The minimum absolute atomic E-state index is 0.00448. The molecule has 3 amide bonds. The van der Waals surface area contributed by atoms with Crippen LogP contribution in [0.25, 0.3) is 0 Å². The normalized spacial score (nSPS) is 16.0. The van der Waals surface area contributed by atoms with E-state index in [0.717, 1.165) is 0 Å². The number of carboxylic acid groups (broad SMARTS) is 1.